The number of methoxy groups -OCH3 is 1. The van der Waals surface area contributed by atoms with Crippen molar-refractivity contribution in [1.82, 2.24) is 5.32 Å². The zero-order valence-electron chi connectivity index (χ0n) is 12.9. The first-order valence-electron chi connectivity index (χ1n) is 7.15. The molecule has 0 aliphatic heterocycles. The Hall–Kier alpha value is -1.55. The number of benzene rings is 1. The Morgan fingerprint density at radius 3 is 2.70 bits per heavy atom. The van der Waals surface area contributed by atoms with Crippen LogP contribution in [-0.2, 0) is 11.3 Å². The molecule has 0 saturated carbocycles. The third-order valence-electron chi connectivity index (χ3n) is 2.93. The molecule has 1 rings (SSSR count). The zero-order valence-corrected chi connectivity index (χ0v) is 12.9. The van der Waals surface area contributed by atoms with Gasteiger partial charge in [0.05, 0.1) is 19.8 Å². The van der Waals surface area contributed by atoms with Gasteiger partial charge in [0.15, 0.2) is 0 Å². The van der Waals surface area contributed by atoms with Crippen molar-refractivity contribution in [2.24, 2.45) is 0 Å². The van der Waals surface area contributed by atoms with Gasteiger partial charge >= 0.3 is 0 Å². The van der Waals surface area contributed by atoms with Crippen molar-refractivity contribution < 1.29 is 14.3 Å². The van der Waals surface area contributed by atoms with Crippen LogP contribution in [0.25, 0.3) is 0 Å². The predicted octanol–water partition coefficient (Wildman–Crippen LogP) is 3.15. The lowest BCUT2D eigenvalue weighted by molar-refractivity contribution is 0.0644. The molecule has 4 nitrogen and oxygen atoms in total. The third kappa shape index (κ3) is 5.21. The first-order valence-corrected chi connectivity index (χ1v) is 7.15. The Bertz CT molecular complexity index is 430. The lowest BCUT2D eigenvalue weighted by Crippen LogP contribution is -2.24. The maximum absolute atomic E-state index is 12.0. The fourth-order valence-electron chi connectivity index (χ4n) is 1.77. The van der Waals surface area contributed by atoms with Gasteiger partial charge in [0, 0.05) is 17.7 Å². The minimum Gasteiger partial charge on any atom is -0.496 e. The summed E-state index contributed by atoms with van der Waals surface area (Å²) in [5.74, 6) is 0.697. The lowest BCUT2D eigenvalue weighted by Gasteiger charge is -2.13. The standard InChI is InChI=1S/C16H25NO3/c1-5-6-9-17-16(18)13-7-8-15(19-4)14(10-13)11-20-12(2)3/h7-8,10,12H,5-6,9,11H2,1-4H3,(H,17,18). The third-order valence-corrected chi connectivity index (χ3v) is 2.93. The lowest BCUT2D eigenvalue weighted by atomic mass is 10.1. The van der Waals surface area contributed by atoms with Crippen LogP contribution >= 0.6 is 0 Å². The molecule has 0 aliphatic rings. The number of amides is 1. The highest BCUT2D eigenvalue weighted by Crippen LogP contribution is 2.21. The summed E-state index contributed by atoms with van der Waals surface area (Å²) in [4.78, 5) is 12.0. The van der Waals surface area contributed by atoms with Gasteiger partial charge in [0.1, 0.15) is 5.75 Å². The highest BCUT2D eigenvalue weighted by molar-refractivity contribution is 5.94. The first kappa shape index (κ1) is 16.5. The highest BCUT2D eigenvalue weighted by Gasteiger charge is 2.10. The van der Waals surface area contributed by atoms with Crippen LogP contribution in [0.5, 0.6) is 5.75 Å². The molecule has 1 aromatic carbocycles. The molecule has 0 radical (unpaired) electrons. The summed E-state index contributed by atoms with van der Waals surface area (Å²) in [5.41, 5.74) is 1.54. The number of hydrogen-bond donors (Lipinski definition) is 1. The van der Waals surface area contributed by atoms with Crippen LogP contribution in [0, 0.1) is 0 Å². The summed E-state index contributed by atoms with van der Waals surface area (Å²) in [7, 11) is 1.62. The molecule has 1 aromatic rings. The molecular weight excluding hydrogens is 254 g/mol. The van der Waals surface area contributed by atoms with E-state index >= 15 is 0 Å². The SMILES string of the molecule is CCCCNC(=O)c1ccc(OC)c(COC(C)C)c1. The van der Waals surface area contributed by atoms with Crippen molar-refractivity contribution in [2.45, 2.75) is 46.3 Å². The van der Waals surface area contributed by atoms with E-state index in [4.69, 9.17) is 9.47 Å². The summed E-state index contributed by atoms with van der Waals surface area (Å²) < 4.78 is 10.9. The van der Waals surface area contributed by atoms with Gasteiger partial charge < -0.3 is 14.8 Å². The van der Waals surface area contributed by atoms with Gasteiger partial charge in [-0.3, -0.25) is 4.79 Å². The van der Waals surface area contributed by atoms with Crippen molar-refractivity contribution in [2.75, 3.05) is 13.7 Å². The number of carbonyl (C=O) groups excluding carboxylic acids is 1. The van der Waals surface area contributed by atoms with Crippen LogP contribution in [0.2, 0.25) is 0 Å². The predicted molar refractivity (Wildman–Crippen MR) is 80.2 cm³/mol. The molecule has 0 aliphatic carbocycles. The second kappa shape index (κ2) is 8.59. The largest absolute Gasteiger partial charge is 0.496 e. The van der Waals surface area contributed by atoms with Crippen molar-refractivity contribution in [3.63, 3.8) is 0 Å². The van der Waals surface area contributed by atoms with E-state index in [-0.39, 0.29) is 12.0 Å². The van der Waals surface area contributed by atoms with Gasteiger partial charge in [0.2, 0.25) is 0 Å². The molecule has 0 atom stereocenters. The Balaban J connectivity index is 2.77. The summed E-state index contributed by atoms with van der Waals surface area (Å²) in [5, 5.41) is 2.91. The number of rotatable bonds is 8. The number of hydrogen-bond acceptors (Lipinski definition) is 3. The van der Waals surface area contributed by atoms with Gasteiger partial charge in [-0.2, -0.15) is 0 Å². The van der Waals surface area contributed by atoms with Crippen molar-refractivity contribution in [3.05, 3.63) is 29.3 Å². The summed E-state index contributed by atoms with van der Waals surface area (Å²) in [6, 6.07) is 5.43. The quantitative estimate of drug-likeness (QED) is 0.744. The van der Waals surface area contributed by atoms with Crippen LogP contribution in [0.15, 0.2) is 18.2 Å². The Labute approximate surface area is 121 Å². The number of ether oxygens (including phenoxy) is 2. The molecule has 0 bridgehead atoms. The van der Waals surface area contributed by atoms with Crippen LogP contribution in [0.1, 0.15) is 49.5 Å². The number of unbranched alkanes of at least 4 members (excludes halogenated alkanes) is 1. The van der Waals surface area contributed by atoms with Gasteiger partial charge in [-0.05, 0) is 38.5 Å². The fraction of sp³-hybridized carbons (Fsp3) is 0.562. The molecule has 0 aromatic heterocycles. The molecule has 112 valence electrons. The second-order valence-corrected chi connectivity index (χ2v) is 5.00. The monoisotopic (exact) mass is 279 g/mol. The van der Waals surface area contributed by atoms with Crippen LogP contribution in [0.4, 0.5) is 0 Å². The van der Waals surface area contributed by atoms with Crippen molar-refractivity contribution in [1.29, 1.82) is 0 Å². The van der Waals surface area contributed by atoms with E-state index in [0.717, 1.165) is 24.2 Å². The van der Waals surface area contributed by atoms with E-state index in [1.165, 1.54) is 0 Å². The molecule has 1 N–H and O–H groups in total. The average molecular weight is 279 g/mol. The van der Waals surface area contributed by atoms with Crippen molar-refractivity contribution in [3.8, 4) is 5.75 Å². The van der Waals surface area contributed by atoms with Crippen LogP contribution in [0.3, 0.4) is 0 Å². The smallest absolute Gasteiger partial charge is 0.251 e. The molecule has 0 saturated heterocycles. The van der Waals surface area contributed by atoms with Crippen LogP contribution < -0.4 is 10.1 Å². The Morgan fingerprint density at radius 1 is 1.35 bits per heavy atom. The zero-order chi connectivity index (χ0) is 15.0. The highest BCUT2D eigenvalue weighted by atomic mass is 16.5. The molecule has 20 heavy (non-hydrogen) atoms. The minimum atomic E-state index is -0.0492. The molecule has 0 fully saturated rings. The molecule has 4 heteroatoms. The summed E-state index contributed by atoms with van der Waals surface area (Å²) in [6.45, 7) is 7.21. The molecule has 0 spiro atoms. The molecule has 0 unspecified atom stereocenters. The normalized spacial score (nSPS) is 10.7. The van der Waals surface area contributed by atoms with E-state index < -0.39 is 0 Å². The van der Waals surface area contributed by atoms with Gasteiger partial charge in [-0.1, -0.05) is 13.3 Å². The topological polar surface area (TPSA) is 47.6 Å². The number of carbonyl (C=O) groups is 1. The number of nitrogens with one attached hydrogen (secondary N) is 1. The minimum absolute atomic E-state index is 0.0492. The van der Waals surface area contributed by atoms with E-state index in [2.05, 4.69) is 12.2 Å². The van der Waals surface area contributed by atoms with Gasteiger partial charge in [-0.25, -0.2) is 0 Å². The average Bonchev–Trinajstić information content (AvgIpc) is 2.44. The fourth-order valence-corrected chi connectivity index (χ4v) is 1.77. The van der Waals surface area contributed by atoms with Crippen LogP contribution in [-0.4, -0.2) is 25.7 Å². The van der Waals surface area contributed by atoms with Crippen molar-refractivity contribution >= 4 is 5.91 Å². The second-order valence-electron chi connectivity index (χ2n) is 5.00. The maximum atomic E-state index is 12.0. The molecular formula is C16H25NO3. The van der Waals surface area contributed by atoms with Gasteiger partial charge in [0.25, 0.3) is 5.91 Å². The van der Waals surface area contributed by atoms with E-state index in [0.29, 0.717) is 18.7 Å². The van der Waals surface area contributed by atoms with Gasteiger partial charge in [-0.15, -0.1) is 0 Å². The van der Waals surface area contributed by atoms with E-state index in [1.54, 1.807) is 13.2 Å². The van der Waals surface area contributed by atoms with E-state index in [1.807, 2.05) is 26.0 Å². The Kier molecular flexibility index (Phi) is 7.09. The van der Waals surface area contributed by atoms with E-state index in [9.17, 15) is 4.79 Å². The molecule has 1 amide bonds. The first-order chi connectivity index (χ1) is 9.58. The molecule has 0 heterocycles. The maximum Gasteiger partial charge on any atom is 0.251 e. The summed E-state index contributed by atoms with van der Waals surface area (Å²) in [6.07, 6.45) is 2.20. The summed E-state index contributed by atoms with van der Waals surface area (Å²) >= 11 is 0. The Morgan fingerprint density at radius 2 is 2.10 bits per heavy atom.